The molecule has 0 saturated carbocycles. The second-order valence-electron chi connectivity index (χ2n) is 5.84. The van der Waals surface area contributed by atoms with E-state index in [4.69, 9.17) is 5.84 Å². The van der Waals surface area contributed by atoms with Gasteiger partial charge in [-0.3, -0.25) is 15.1 Å². The van der Waals surface area contributed by atoms with Gasteiger partial charge in [-0.15, -0.1) is 0 Å². The monoisotopic (exact) mass is 275 g/mol. The van der Waals surface area contributed by atoms with Crippen LogP contribution in [0.4, 0.5) is 0 Å². The van der Waals surface area contributed by atoms with Gasteiger partial charge in [0.15, 0.2) is 0 Å². The summed E-state index contributed by atoms with van der Waals surface area (Å²) in [5.74, 6) is 5.78. The third-order valence-electron chi connectivity index (χ3n) is 4.51. The molecule has 0 spiro atoms. The van der Waals surface area contributed by atoms with E-state index in [-0.39, 0.29) is 5.91 Å². The SMILES string of the molecule is CC1CCCN(Cc2ccccc2CC(=O)NN)C1C. The molecule has 1 aliphatic rings. The third kappa shape index (κ3) is 3.58. The summed E-state index contributed by atoms with van der Waals surface area (Å²) >= 11 is 0. The highest BCUT2D eigenvalue weighted by molar-refractivity contribution is 5.78. The van der Waals surface area contributed by atoms with Gasteiger partial charge >= 0.3 is 0 Å². The first-order chi connectivity index (χ1) is 9.61. The van der Waals surface area contributed by atoms with Crippen molar-refractivity contribution < 1.29 is 4.79 Å². The van der Waals surface area contributed by atoms with Crippen LogP contribution in [0.2, 0.25) is 0 Å². The molecule has 1 aromatic rings. The minimum atomic E-state index is -0.141. The number of hydrogen-bond acceptors (Lipinski definition) is 3. The standard InChI is InChI=1S/C16H25N3O/c1-12-6-5-9-19(13(12)2)11-15-8-4-3-7-14(15)10-16(20)18-17/h3-4,7-8,12-13H,5-6,9-11,17H2,1-2H3,(H,18,20). The highest BCUT2D eigenvalue weighted by atomic mass is 16.2. The number of hydrazine groups is 1. The van der Waals surface area contributed by atoms with Gasteiger partial charge in [-0.2, -0.15) is 0 Å². The van der Waals surface area contributed by atoms with E-state index < -0.39 is 0 Å². The average Bonchev–Trinajstić information content (AvgIpc) is 2.45. The Kier molecular flexibility index (Phi) is 5.15. The first-order valence-corrected chi connectivity index (χ1v) is 7.42. The van der Waals surface area contributed by atoms with Crippen molar-refractivity contribution in [3.63, 3.8) is 0 Å². The van der Waals surface area contributed by atoms with Crippen LogP contribution in [0.1, 0.15) is 37.8 Å². The molecule has 1 heterocycles. The molecule has 3 N–H and O–H groups in total. The molecule has 0 aromatic heterocycles. The number of nitrogens with zero attached hydrogens (tertiary/aromatic N) is 1. The maximum absolute atomic E-state index is 11.5. The molecular formula is C16H25N3O. The van der Waals surface area contributed by atoms with Crippen molar-refractivity contribution in [1.29, 1.82) is 0 Å². The summed E-state index contributed by atoms with van der Waals surface area (Å²) in [5.41, 5.74) is 4.51. The molecule has 1 fully saturated rings. The van der Waals surface area contributed by atoms with Crippen molar-refractivity contribution in [2.24, 2.45) is 11.8 Å². The van der Waals surface area contributed by atoms with Crippen LogP contribution in [0.25, 0.3) is 0 Å². The number of piperidine rings is 1. The van der Waals surface area contributed by atoms with Gasteiger partial charge in [-0.25, -0.2) is 5.84 Å². The van der Waals surface area contributed by atoms with Crippen LogP contribution in [0, 0.1) is 5.92 Å². The van der Waals surface area contributed by atoms with Gasteiger partial charge in [0.25, 0.3) is 0 Å². The van der Waals surface area contributed by atoms with Crippen molar-refractivity contribution in [2.75, 3.05) is 6.54 Å². The maximum Gasteiger partial charge on any atom is 0.238 e. The summed E-state index contributed by atoms with van der Waals surface area (Å²) in [6.07, 6.45) is 2.93. The summed E-state index contributed by atoms with van der Waals surface area (Å²) in [7, 11) is 0. The van der Waals surface area contributed by atoms with Crippen LogP contribution in [-0.2, 0) is 17.8 Å². The summed E-state index contributed by atoms with van der Waals surface area (Å²) in [5, 5.41) is 0. The number of benzene rings is 1. The molecule has 20 heavy (non-hydrogen) atoms. The van der Waals surface area contributed by atoms with Gasteiger partial charge < -0.3 is 0 Å². The predicted molar refractivity (Wildman–Crippen MR) is 80.7 cm³/mol. The lowest BCUT2D eigenvalue weighted by Gasteiger charge is -2.38. The van der Waals surface area contributed by atoms with Crippen LogP contribution in [-0.4, -0.2) is 23.4 Å². The molecule has 1 amide bonds. The third-order valence-corrected chi connectivity index (χ3v) is 4.51. The Balaban J connectivity index is 2.10. The molecule has 1 aromatic carbocycles. The van der Waals surface area contributed by atoms with Crippen LogP contribution >= 0.6 is 0 Å². The number of carbonyl (C=O) groups excluding carboxylic acids is 1. The molecule has 4 heteroatoms. The van der Waals surface area contributed by atoms with Crippen LogP contribution in [0.3, 0.4) is 0 Å². The fourth-order valence-electron chi connectivity index (χ4n) is 2.97. The fourth-order valence-corrected chi connectivity index (χ4v) is 2.97. The van der Waals surface area contributed by atoms with Crippen molar-refractivity contribution in [2.45, 2.75) is 45.7 Å². The maximum atomic E-state index is 11.5. The molecule has 2 atom stereocenters. The Morgan fingerprint density at radius 1 is 1.35 bits per heavy atom. The number of nitrogens with one attached hydrogen (secondary N) is 1. The number of amides is 1. The molecule has 1 saturated heterocycles. The van der Waals surface area contributed by atoms with E-state index in [9.17, 15) is 4.79 Å². The van der Waals surface area contributed by atoms with Crippen molar-refractivity contribution in [3.05, 3.63) is 35.4 Å². The molecule has 4 nitrogen and oxygen atoms in total. The van der Waals surface area contributed by atoms with Gasteiger partial charge in [-0.05, 0) is 43.4 Å². The second-order valence-corrected chi connectivity index (χ2v) is 5.84. The summed E-state index contributed by atoms with van der Waals surface area (Å²) in [6.45, 7) is 6.69. The molecule has 2 unspecified atom stereocenters. The topological polar surface area (TPSA) is 58.4 Å². The molecule has 2 rings (SSSR count). The van der Waals surface area contributed by atoms with Gasteiger partial charge in [-0.1, -0.05) is 31.2 Å². The largest absolute Gasteiger partial charge is 0.296 e. The summed E-state index contributed by atoms with van der Waals surface area (Å²) in [6, 6.07) is 8.75. The fraction of sp³-hybridized carbons (Fsp3) is 0.562. The zero-order valence-electron chi connectivity index (χ0n) is 12.4. The molecule has 110 valence electrons. The predicted octanol–water partition coefficient (Wildman–Crippen LogP) is 1.84. The number of rotatable bonds is 4. The Morgan fingerprint density at radius 3 is 2.75 bits per heavy atom. The molecule has 0 aliphatic carbocycles. The number of hydrogen-bond donors (Lipinski definition) is 2. The van der Waals surface area contributed by atoms with Gasteiger partial charge in [0.1, 0.15) is 0 Å². The van der Waals surface area contributed by atoms with Gasteiger partial charge in [0, 0.05) is 12.6 Å². The quantitative estimate of drug-likeness (QED) is 0.501. The minimum Gasteiger partial charge on any atom is -0.296 e. The number of nitrogens with two attached hydrogens (primary N) is 1. The van der Waals surface area contributed by atoms with Crippen molar-refractivity contribution >= 4 is 5.91 Å². The van der Waals surface area contributed by atoms with Crippen molar-refractivity contribution in [3.8, 4) is 0 Å². The minimum absolute atomic E-state index is 0.141. The Labute approximate surface area is 121 Å². The van der Waals surface area contributed by atoms with E-state index in [1.165, 1.54) is 18.4 Å². The van der Waals surface area contributed by atoms with Gasteiger partial charge in [0.2, 0.25) is 5.91 Å². The molecule has 1 aliphatic heterocycles. The van der Waals surface area contributed by atoms with E-state index in [1.807, 2.05) is 18.2 Å². The smallest absolute Gasteiger partial charge is 0.238 e. The highest BCUT2D eigenvalue weighted by Gasteiger charge is 2.25. The lowest BCUT2D eigenvalue weighted by atomic mass is 9.91. The summed E-state index contributed by atoms with van der Waals surface area (Å²) < 4.78 is 0. The lowest BCUT2D eigenvalue weighted by molar-refractivity contribution is -0.120. The van der Waals surface area contributed by atoms with E-state index in [0.717, 1.165) is 24.6 Å². The zero-order valence-corrected chi connectivity index (χ0v) is 12.4. The number of likely N-dealkylation sites (tertiary alicyclic amines) is 1. The Morgan fingerprint density at radius 2 is 2.05 bits per heavy atom. The second kappa shape index (κ2) is 6.86. The Bertz CT molecular complexity index is 461. The first kappa shape index (κ1) is 15.0. The van der Waals surface area contributed by atoms with E-state index in [1.54, 1.807) is 0 Å². The van der Waals surface area contributed by atoms with Gasteiger partial charge in [0.05, 0.1) is 6.42 Å². The van der Waals surface area contributed by atoms with E-state index in [2.05, 4.69) is 30.2 Å². The lowest BCUT2D eigenvalue weighted by Crippen LogP contribution is -2.42. The molecule has 0 bridgehead atoms. The Hall–Kier alpha value is -1.39. The average molecular weight is 275 g/mol. The van der Waals surface area contributed by atoms with Crippen LogP contribution in [0.15, 0.2) is 24.3 Å². The first-order valence-electron chi connectivity index (χ1n) is 7.42. The van der Waals surface area contributed by atoms with Crippen molar-refractivity contribution in [1.82, 2.24) is 10.3 Å². The zero-order chi connectivity index (χ0) is 14.5. The van der Waals surface area contributed by atoms with E-state index >= 15 is 0 Å². The molecule has 0 radical (unpaired) electrons. The normalized spacial score (nSPS) is 23.6. The van der Waals surface area contributed by atoms with Crippen LogP contribution < -0.4 is 11.3 Å². The summed E-state index contributed by atoms with van der Waals surface area (Å²) in [4.78, 5) is 14.0. The van der Waals surface area contributed by atoms with Crippen LogP contribution in [0.5, 0.6) is 0 Å². The number of carbonyl (C=O) groups is 1. The molecular weight excluding hydrogens is 250 g/mol. The van der Waals surface area contributed by atoms with E-state index in [0.29, 0.717) is 12.5 Å². The highest BCUT2D eigenvalue weighted by Crippen LogP contribution is 2.25.